The molecular formula is C20H19N3O5. The van der Waals surface area contributed by atoms with Crippen molar-refractivity contribution in [3.8, 4) is 17.0 Å². The molecule has 0 bridgehead atoms. The van der Waals surface area contributed by atoms with Crippen molar-refractivity contribution in [2.45, 2.75) is 24.9 Å². The predicted octanol–water partition coefficient (Wildman–Crippen LogP) is 2.33. The van der Waals surface area contributed by atoms with Crippen LogP contribution in [0.1, 0.15) is 40.0 Å². The molecule has 3 heterocycles. The zero-order valence-corrected chi connectivity index (χ0v) is 15.1. The van der Waals surface area contributed by atoms with Crippen molar-refractivity contribution in [2.75, 3.05) is 13.1 Å². The molecule has 2 aliphatic heterocycles. The molecule has 0 radical (unpaired) electrons. The van der Waals surface area contributed by atoms with Gasteiger partial charge in [0.1, 0.15) is 11.4 Å². The molecule has 8 heteroatoms. The number of piperidine rings is 1. The first-order chi connectivity index (χ1) is 13.4. The quantitative estimate of drug-likeness (QED) is 0.823. The van der Waals surface area contributed by atoms with Crippen LogP contribution in [-0.2, 0) is 0 Å². The SMILES string of the molecule is NC(=O)c1ccc(-c2ccc3c(c2)C(=O)CC2(CCN(C(=O)O)CC2)O3)nc1. The van der Waals surface area contributed by atoms with Crippen LogP contribution in [0.15, 0.2) is 36.5 Å². The second-order valence-corrected chi connectivity index (χ2v) is 7.16. The van der Waals surface area contributed by atoms with Gasteiger partial charge in [-0.25, -0.2) is 4.79 Å². The van der Waals surface area contributed by atoms with Gasteiger partial charge in [0.15, 0.2) is 5.78 Å². The summed E-state index contributed by atoms with van der Waals surface area (Å²) in [6.07, 6.45) is 1.66. The van der Waals surface area contributed by atoms with E-state index in [1.165, 1.54) is 11.1 Å². The number of aromatic nitrogens is 1. The molecule has 1 saturated heterocycles. The average molecular weight is 381 g/mol. The van der Waals surface area contributed by atoms with Gasteiger partial charge in [-0.3, -0.25) is 14.6 Å². The first kappa shape index (κ1) is 18.0. The Bertz CT molecular complexity index is 962. The van der Waals surface area contributed by atoms with Crippen molar-refractivity contribution in [2.24, 2.45) is 5.73 Å². The number of ketones is 1. The number of benzene rings is 1. The molecule has 3 N–H and O–H groups in total. The van der Waals surface area contributed by atoms with Gasteiger partial charge in [-0.05, 0) is 30.3 Å². The standard InChI is InChI=1S/C20H19N3O5/c21-18(25)13-1-3-15(22-11-13)12-2-4-17-14(9-12)16(24)10-20(28-17)5-7-23(8-6-20)19(26)27/h1-4,9,11H,5-8,10H2,(H2,21,25)(H,26,27). The van der Waals surface area contributed by atoms with E-state index in [9.17, 15) is 14.4 Å². The number of hydrogen-bond donors (Lipinski definition) is 2. The number of rotatable bonds is 2. The second kappa shape index (κ2) is 6.63. The Kier molecular flexibility index (Phi) is 4.26. The number of carbonyl (C=O) groups excluding carboxylic acids is 2. The predicted molar refractivity (Wildman–Crippen MR) is 99.3 cm³/mol. The summed E-state index contributed by atoms with van der Waals surface area (Å²) in [7, 11) is 0. The van der Waals surface area contributed by atoms with Crippen LogP contribution in [-0.4, -0.2) is 51.5 Å². The fourth-order valence-corrected chi connectivity index (χ4v) is 3.75. The van der Waals surface area contributed by atoms with E-state index in [2.05, 4.69) is 4.98 Å². The lowest BCUT2D eigenvalue weighted by atomic mass is 9.82. The molecule has 2 aliphatic rings. The first-order valence-electron chi connectivity index (χ1n) is 8.97. The van der Waals surface area contributed by atoms with E-state index < -0.39 is 17.6 Å². The van der Waals surface area contributed by atoms with E-state index in [-0.39, 0.29) is 12.2 Å². The van der Waals surface area contributed by atoms with Crippen LogP contribution in [0.2, 0.25) is 0 Å². The van der Waals surface area contributed by atoms with Gasteiger partial charge in [0.25, 0.3) is 0 Å². The van der Waals surface area contributed by atoms with E-state index in [1.54, 1.807) is 24.3 Å². The lowest BCUT2D eigenvalue weighted by molar-refractivity contribution is -0.00519. The minimum absolute atomic E-state index is 0.0272. The molecule has 2 aromatic rings. The summed E-state index contributed by atoms with van der Waals surface area (Å²) < 4.78 is 6.18. The third-order valence-electron chi connectivity index (χ3n) is 5.38. The first-order valence-corrected chi connectivity index (χ1v) is 8.97. The molecule has 0 aliphatic carbocycles. The number of hydrogen-bond acceptors (Lipinski definition) is 5. The monoisotopic (exact) mass is 381 g/mol. The van der Waals surface area contributed by atoms with E-state index >= 15 is 0 Å². The number of pyridine rings is 1. The Labute approximate surface area is 160 Å². The number of fused-ring (bicyclic) bond motifs is 1. The highest BCUT2D eigenvalue weighted by molar-refractivity contribution is 6.01. The van der Waals surface area contributed by atoms with Crippen LogP contribution in [0, 0.1) is 0 Å². The summed E-state index contributed by atoms with van der Waals surface area (Å²) in [5.74, 6) is -0.0644. The van der Waals surface area contributed by atoms with Crippen molar-refractivity contribution in [3.63, 3.8) is 0 Å². The summed E-state index contributed by atoms with van der Waals surface area (Å²) >= 11 is 0. The molecule has 144 valence electrons. The highest BCUT2D eigenvalue weighted by Crippen LogP contribution is 2.40. The van der Waals surface area contributed by atoms with Crippen molar-refractivity contribution in [3.05, 3.63) is 47.7 Å². The zero-order chi connectivity index (χ0) is 19.9. The molecule has 1 spiro atoms. The van der Waals surface area contributed by atoms with E-state index in [0.29, 0.717) is 48.5 Å². The third kappa shape index (κ3) is 3.17. The molecule has 1 aromatic heterocycles. The molecule has 4 rings (SSSR count). The van der Waals surface area contributed by atoms with Crippen molar-refractivity contribution in [1.29, 1.82) is 0 Å². The maximum atomic E-state index is 12.8. The lowest BCUT2D eigenvalue weighted by Crippen LogP contribution is -2.52. The van der Waals surface area contributed by atoms with Crippen LogP contribution >= 0.6 is 0 Å². The lowest BCUT2D eigenvalue weighted by Gasteiger charge is -2.43. The number of carbonyl (C=O) groups is 3. The maximum absolute atomic E-state index is 12.8. The Balaban J connectivity index is 1.58. The summed E-state index contributed by atoms with van der Waals surface area (Å²) in [5.41, 5.74) is 6.76. The number of amides is 2. The van der Waals surface area contributed by atoms with Gasteiger partial charge < -0.3 is 20.5 Å². The Morgan fingerprint density at radius 3 is 2.54 bits per heavy atom. The summed E-state index contributed by atoms with van der Waals surface area (Å²) in [6.45, 7) is 0.707. The number of carboxylic acid groups (broad SMARTS) is 1. The van der Waals surface area contributed by atoms with Crippen molar-refractivity contribution in [1.82, 2.24) is 9.88 Å². The average Bonchev–Trinajstić information content (AvgIpc) is 2.68. The van der Waals surface area contributed by atoms with Crippen LogP contribution in [0.4, 0.5) is 4.79 Å². The van der Waals surface area contributed by atoms with Crippen LogP contribution in [0.25, 0.3) is 11.3 Å². The van der Waals surface area contributed by atoms with Gasteiger partial charge in [-0.2, -0.15) is 0 Å². The molecule has 0 saturated carbocycles. The summed E-state index contributed by atoms with van der Waals surface area (Å²) in [6, 6.07) is 8.57. The van der Waals surface area contributed by atoms with Gasteiger partial charge in [0.05, 0.1) is 23.2 Å². The van der Waals surface area contributed by atoms with Gasteiger partial charge in [-0.15, -0.1) is 0 Å². The fourth-order valence-electron chi connectivity index (χ4n) is 3.75. The molecule has 0 unspecified atom stereocenters. The molecular weight excluding hydrogens is 362 g/mol. The van der Waals surface area contributed by atoms with Gasteiger partial charge >= 0.3 is 6.09 Å². The van der Waals surface area contributed by atoms with E-state index in [4.69, 9.17) is 15.6 Å². The summed E-state index contributed by atoms with van der Waals surface area (Å²) in [5, 5.41) is 9.11. The largest absolute Gasteiger partial charge is 0.486 e. The van der Waals surface area contributed by atoms with Crippen LogP contribution in [0.3, 0.4) is 0 Å². The molecule has 2 amide bonds. The minimum Gasteiger partial charge on any atom is -0.486 e. The molecule has 0 atom stereocenters. The van der Waals surface area contributed by atoms with Crippen molar-refractivity contribution >= 4 is 17.8 Å². The van der Waals surface area contributed by atoms with E-state index in [1.807, 2.05) is 6.07 Å². The van der Waals surface area contributed by atoms with Gasteiger partial charge in [-0.1, -0.05) is 0 Å². The number of nitrogens with zero attached hydrogens (tertiary/aromatic N) is 2. The fraction of sp³-hybridized carbons (Fsp3) is 0.300. The Morgan fingerprint density at radius 1 is 1.18 bits per heavy atom. The Hall–Kier alpha value is -3.42. The van der Waals surface area contributed by atoms with E-state index in [0.717, 1.165) is 5.56 Å². The third-order valence-corrected chi connectivity index (χ3v) is 5.38. The van der Waals surface area contributed by atoms with Crippen molar-refractivity contribution < 1.29 is 24.2 Å². The number of nitrogens with two attached hydrogens (primary N) is 1. The molecule has 1 aromatic carbocycles. The zero-order valence-electron chi connectivity index (χ0n) is 15.1. The Morgan fingerprint density at radius 2 is 1.93 bits per heavy atom. The maximum Gasteiger partial charge on any atom is 0.407 e. The number of Topliss-reactive ketones (excluding diaryl/α,β-unsaturated/α-hetero) is 1. The topological polar surface area (TPSA) is 123 Å². The highest BCUT2D eigenvalue weighted by atomic mass is 16.5. The molecule has 8 nitrogen and oxygen atoms in total. The normalized spacial score (nSPS) is 17.7. The van der Waals surface area contributed by atoms with Gasteiger partial charge in [0.2, 0.25) is 5.91 Å². The smallest absolute Gasteiger partial charge is 0.407 e. The number of ether oxygens (including phenoxy) is 1. The second-order valence-electron chi connectivity index (χ2n) is 7.16. The van der Waals surface area contributed by atoms with Gasteiger partial charge in [0, 0.05) is 37.7 Å². The van der Waals surface area contributed by atoms with Crippen LogP contribution in [0.5, 0.6) is 5.75 Å². The molecule has 1 fully saturated rings. The highest BCUT2D eigenvalue weighted by Gasteiger charge is 2.43. The summed E-state index contributed by atoms with van der Waals surface area (Å²) in [4.78, 5) is 40.7. The minimum atomic E-state index is -0.947. The molecule has 28 heavy (non-hydrogen) atoms. The number of likely N-dealkylation sites (tertiary alicyclic amines) is 1. The number of primary amides is 1. The van der Waals surface area contributed by atoms with Crippen LogP contribution < -0.4 is 10.5 Å².